The van der Waals surface area contributed by atoms with Crippen LogP contribution in [0.3, 0.4) is 0 Å². The van der Waals surface area contributed by atoms with Crippen molar-refractivity contribution in [1.29, 1.82) is 0 Å². The lowest BCUT2D eigenvalue weighted by molar-refractivity contribution is 0.702. The molecule has 596 valence electrons. The zero-order valence-electron chi connectivity index (χ0n) is 70.9. The van der Waals surface area contributed by atoms with E-state index in [9.17, 15) is 0 Å². The van der Waals surface area contributed by atoms with Crippen LogP contribution in [-0.4, -0.2) is 4.98 Å². The normalized spacial score (nSPS) is 12.8. The lowest BCUT2D eigenvalue weighted by atomic mass is 9.91. The Morgan fingerprint density at radius 3 is 0.500 bits per heavy atom. The monoisotopic (exact) mass is 1400 g/mol. The number of pyridine rings is 1. The Hall–Kier alpha value is -4.23. The lowest BCUT2D eigenvalue weighted by Gasteiger charge is -2.14. The van der Waals surface area contributed by atoms with Gasteiger partial charge in [-0.1, -0.05) is 462 Å². The first-order valence-corrected chi connectivity index (χ1v) is 38.9. The summed E-state index contributed by atoms with van der Waals surface area (Å²) in [7, 11) is 0. The minimum atomic E-state index is 0. The summed E-state index contributed by atoms with van der Waals surface area (Å²) in [5.74, 6) is 9.52. The molecule has 1 heteroatoms. The van der Waals surface area contributed by atoms with Crippen LogP contribution in [-0.2, 0) is 0 Å². The van der Waals surface area contributed by atoms with Crippen LogP contribution in [0.4, 0.5) is 0 Å². The first-order valence-electron chi connectivity index (χ1n) is 38.9. The first-order chi connectivity index (χ1) is 43.9. The number of nitrogens with zero attached hydrogens (tertiary/aromatic N) is 1. The molecule has 0 amide bonds. The van der Waals surface area contributed by atoms with E-state index in [2.05, 4.69) is 290 Å². The Bertz CT molecular complexity index is 2040. The van der Waals surface area contributed by atoms with E-state index in [1.165, 1.54) is 54.5 Å². The van der Waals surface area contributed by atoms with Crippen LogP contribution in [0.15, 0.2) is 159 Å². The number of allylic oxidation sites excluding steroid dienone is 20. The van der Waals surface area contributed by atoms with E-state index in [1.807, 2.05) is 109 Å². The third kappa shape index (κ3) is 52.7. The fourth-order valence-corrected chi connectivity index (χ4v) is 11.3. The van der Waals surface area contributed by atoms with Crippen LogP contribution in [0, 0.1) is 59.2 Å². The van der Waals surface area contributed by atoms with Crippen molar-refractivity contribution in [3.8, 4) is 0 Å². The summed E-state index contributed by atoms with van der Waals surface area (Å²) in [6.07, 6.45) is 30.7. The van der Waals surface area contributed by atoms with E-state index in [-0.39, 0.29) is 52.0 Å². The third-order valence-electron chi connectivity index (χ3n) is 15.9. The number of benzene rings is 1. The molecule has 2 aromatic rings. The Morgan fingerprint density at radius 1 is 0.210 bits per heavy atom. The van der Waals surface area contributed by atoms with Crippen LogP contribution in [0.5, 0.6) is 0 Å². The molecule has 0 atom stereocenters. The van der Waals surface area contributed by atoms with Crippen LogP contribution in [0.1, 0.15) is 421 Å². The fourth-order valence-electron chi connectivity index (χ4n) is 11.3. The van der Waals surface area contributed by atoms with Gasteiger partial charge < -0.3 is 0 Å². The average Bonchev–Trinajstić information content (AvgIpc) is 1.45. The predicted molar refractivity (Wildman–Crippen MR) is 486 cm³/mol. The van der Waals surface area contributed by atoms with Crippen molar-refractivity contribution in [1.82, 2.24) is 4.98 Å². The van der Waals surface area contributed by atoms with Gasteiger partial charge in [-0.25, -0.2) is 0 Å². The summed E-state index contributed by atoms with van der Waals surface area (Å²) >= 11 is 0. The molecule has 1 nitrogen and oxygen atoms in total. The maximum absolute atomic E-state index is 4.40. The van der Waals surface area contributed by atoms with Crippen molar-refractivity contribution in [2.45, 2.75) is 399 Å². The molecule has 0 bridgehead atoms. The number of hydrogen-bond donors (Lipinski definition) is 0. The maximum atomic E-state index is 4.40. The molecular weight excluding hydrogens is 1200 g/mol. The van der Waals surface area contributed by atoms with Crippen molar-refractivity contribution in [2.24, 2.45) is 59.2 Å². The van der Waals surface area contributed by atoms with Crippen molar-refractivity contribution in [2.75, 3.05) is 0 Å². The number of aromatic nitrogens is 1. The van der Waals surface area contributed by atoms with Gasteiger partial charge in [0, 0.05) is 11.9 Å². The van der Waals surface area contributed by atoms with E-state index in [1.54, 1.807) is 55.7 Å². The minimum Gasteiger partial charge on any atom is -0.261 e. The molecule has 0 N–H and O–H groups in total. The molecule has 0 radical (unpaired) electrons. The topological polar surface area (TPSA) is 12.9 Å². The highest BCUT2D eigenvalue weighted by Crippen LogP contribution is 2.34. The molecule has 7 rings (SSSR count). The molecule has 0 aliphatic heterocycles. The van der Waals surface area contributed by atoms with Crippen LogP contribution < -0.4 is 0 Å². The Morgan fingerprint density at radius 2 is 0.380 bits per heavy atom. The molecule has 0 fully saturated rings. The van der Waals surface area contributed by atoms with Crippen LogP contribution in [0.2, 0.25) is 0 Å². The first kappa shape index (κ1) is 129. The molecule has 1 aromatic carbocycles. The second kappa shape index (κ2) is 78.9. The highest BCUT2D eigenvalue weighted by molar-refractivity contribution is 5.39. The molecule has 0 saturated carbocycles. The van der Waals surface area contributed by atoms with Gasteiger partial charge in [-0.3, -0.25) is 4.98 Å². The van der Waals surface area contributed by atoms with Crippen molar-refractivity contribution >= 4 is 0 Å². The van der Waals surface area contributed by atoms with Crippen molar-refractivity contribution in [3.05, 3.63) is 181 Å². The zero-order chi connectivity index (χ0) is 74.4. The number of rotatable bonds is 14. The smallest absolute Gasteiger partial charge is 0.0463 e. The summed E-state index contributed by atoms with van der Waals surface area (Å²) in [4.78, 5) is 4.40. The zero-order valence-corrected chi connectivity index (χ0v) is 70.9. The highest BCUT2D eigenvalue weighted by atomic mass is 14.7. The molecular formula is C99H195N. The van der Waals surface area contributed by atoms with Gasteiger partial charge in [-0.15, -0.1) is 0 Å². The maximum Gasteiger partial charge on any atom is 0.0463 e. The third-order valence-corrected chi connectivity index (χ3v) is 15.9. The van der Waals surface area contributed by atoms with Gasteiger partial charge >= 0.3 is 0 Å². The number of hydrogen-bond acceptors (Lipinski definition) is 1. The molecule has 5 aliphatic rings. The second-order valence-corrected chi connectivity index (χ2v) is 27.2. The Labute approximate surface area is 640 Å². The van der Waals surface area contributed by atoms with Gasteiger partial charge in [0.05, 0.1) is 0 Å². The van der Waals surface area contributed by atoms with Crippen LogP contribution >= 0.6 is 0 Å². The summed E-state index contributed by atoms with van der Waals surface area (Å²) in [5.41, 5.74) is 21.7. The Kier molecular flexibility index (Phi) is 101. The quantitative estimate of drug-likeness (QED) is 0.184. The molecule has 0 saturated heterocycles. The van der Waals surface area contributed by atoms with E-state index >= 15 is 0 Å². The van der Waals surface area contributed by atoms with E-state index in [0.29, 0.717) is 53.3 Å². The SMILES string of the molecule is C.C.C.C.C.C.C.CC.CC.CC.CC.CC.CC.CC.CC(C)C1=C(C(C)C)CC=C1.CC(C)C1=C(C(C)C)CC=C1.CC(C)C1=C(C(C)C)CC=C1.CC(C)C1=C(C(C)C)CC=C1.CC(C)C1=C(C(C)C)CC=C1.CC(C)c1ccccc1C(C)C.CC(C)c1cccnc1C(C)C. The summed E-state index contributed by atoms with van der Waals surface area (Å²) in [6, 6.07) is 12.9. The molecule has 5 aliphatic carbocycles. The molecule has 1 heterocycles. The average molecular weight is 1400 g/mol. The van der Waals surface area contributed by atoms with E-state index < -0.39 is 0 Å². The van der Waals surface area contributed by atoms with E-state index in [0.717, 1.165) is 29.6 Å². The summed E-state index contributed by atoms with van der Waals surface area (Å²) < 4.78 is 0. The Balaban J connectivity index is -0.0000000690. The van der Waals surface area contributed by atoms with Gasteiger partial charge in [0.1, 0.15) is 0 Å². The van der Waals surface area contributed by atoms with E-state index in [4.69, 9.17) is 0 Å². The van der Waals surface area contributed by atoms with Gasteiger partial charge in [0.25, 0.3) is 0 Å². The summed E-state index contributed by atoms with van der Waals surface area (Å²) in [5, 5.41) is 0. The molecule has 100 heavy (non-hydrogen) atoms. The molecule has 1 aromatic heterocycles. The van der Waals surface area contributed by atoms with Gasteiger partial charge in [-0.05, 0) is 166 Å². The predicted octanol–water partition coefficient (Wildman–Crippen LogP) is 36.7. The minimum absolute atomic E-state index is 0. The standard InChI is InChI=1S/C12H18.C11H17N.5C11H18.7C2H6.7CH4/c1-9(2)11-7-5-6-8-12(11)10(3)4;1-8(2)10-6-5-7-12-11(10)9(3)4;5*1-8(2)10-6-5-7-11(10)9(3)4;7*1-2;;;;;;;/h5-10H,1-4H3;5-9H,1-4H3;5*5-6,8-9H,7H2,1-4H3;7*1-2H3;7*1H4. The molecule has 0 unspecified atom stereocenters. The lowest BCUT2D eigenvalue weighted by Crippen LogP contribution is -2.00. The molecule has 0 spiro atoms. The fraction of sp³-hybridized carbons (Fsp3) is 0.687. The highest BCUT2D eigenvalue weighted by Gasteiger charge is 2.19. The van der Waals surface area contributed by atoms with Crippen LogP contribution in [0.25, 0.3) is 0 Å². The largest absolute Gasteiger partial charge is 0.261 e. The van der Waals surface area contributed by atoms with Crippen molar-refractivity contribution in [3.63, 3.8) is 0 Å². The van der Waals surface area contributed by atoms with Crippen molar-refractivity contribution < 1.29 is 0 Å². The van der Waals surface area contributed by atoms with Gasteiger partial charge in [0.2, 0.25) is 0 Å². The van der Waals surface area contributed by atoms with Gasteiger partial charge in [-0.2, -0.15) is 0 Å². The second-order valence-electron chi connectivity index (χ2n) is 27.2. The summed E-state index contributed by atoms with van der Waals surface area (Å²) in [6.45, 7) is 91.3. The van der Waals surface area contributed by atoms with Gasteiger partial charge in [0.15, 0.2) is 0 Å².